The molecular formula is C19H20N4O3. The number of hydrogen-bond donors (Lipinski definition) is 1. The Kier molecular flexibility index (Phi) is 4.77. The van der Waals surface area contributed by atoms with Crippen molar-refractivity contribution in [3.8, 4) is 0 Å². The maximum absolute atomic E-state index is 12.3. The minimum Gasteiger partial charge on any atom is -0.350 e. The van der Waals surface area contributed by atoms with Crippen LogP contribution in [-0.2, 0) is 25.7 Å². The van der Waals surface area contributed by atoms with E-state index in [2.05, 4.69) is 20.6 Å². The molecule has 1 N–H and O–H groups in total. The first-order valence-electron chi connectivity index (χ1n) is 8.90. The topological polar surface area (TPSA) is 94.1 Å². The zero-order chi connectivity index (χ0) is 17.8. The Morgan fingerprint density at radius 3 is 2.81 bits per heavy atom. The number of hydrogen-bond acceptors (Lipinski definition) is 6. The molecule has 0 unspecified atom stereocenters. The van der Waals surface area contributed by atoms with E-state index in [1.165, 1.54) is 0 Å². The molecular weight excluding hydrogens is 332 g/mol. The Labute approximate surface area is 150 Å². The average Bonchev–Trinajstić information content (AvgIpc) is 3.29. The maximum Gasteiger partial charge on any atom is 0.290 e. The molecule has 1 aliphatic rings. The zero-order valence-electron chi connectivity index (χ0n) is 14.4. The van der Waals surface area contributed by atoms with Gasteiger partial charge in [-0.15, -0.1) is 0 Å². The molecule has 7 heteroatoms. The monoisotopic (exact) mass is 352 g/mol. The number of benzene rings is 1. The van der Waals surface area contributed by atoms with Gasteiger partial charge in [-0.3, -0.25) is 4.79 Å². The van der Waals surface area contributed by atoms with Gasteiger partial charge in [0, 0.05) is 24.9 Å². The predicted molar refractivity (Wildman–Crippen MR) is 92.7 cm³/mol. The molecule has 0 spiro atoms. The van der Waals surface area contributed by atoms with Crippen molar-refractivity contribution >= 4 is 5.91 Å². The Bertz CT molecular complexity index is 885. The van der Waals surface area contributed by atoms with Crippen LogP contribution in [0, 0.1) is 0 Å². The van der Waals surface area contributed by atoms with Crippen LogP contribution < -0.4 is 5.32 Å². The fraction of sp³-hybridized carbons (Fsp3) is 0.368. The molecule has 0 aliphatic heterocycles. The summed E-state index contributed by atoms with van der Waals surface area (Å²) in [5.41, 5.74) is 3.00. The van der Waals surface area contributed by atoms with Crippen LogP contribution in [0.4, 0.5) is 0 Å². The van der Waals surface area contributed by atoms with E-state index in [9.17, 15) is 4.79 Å². The summed E-state index contributed by atoms with van der Waals surface area (Å²) in [6.45, 7) is 0.404. The van der Waals surface area contributed by atoms with Crippen molar-refractivity contribution in [2.45, 2.75) is 38.5 Å². The molecule has 0 bridgehead atoms. The van der Waals surface area contributed by atoms with Crippen LogP contribution in [0.1, 0.15) is 51.9 Å². The van der Waals surface area contributed by atoms with Gasteiger partial charge >= 0.3 is 0 Å². The Morgan fingerprint density at radius 1 is 1.08 bits per heavy atom. The molecule has 0 saturated heterocycles. The molecule has 3 aromatic rings. The zero-order valence-corrected chi connectivity index (χ0v) is 14.4. The molecule has 0 radical (unpaired) electrons. The standard InChI is InChI=1S/C19H20N4O3/c24-19(18-14-8-4-5-9-15(14)22-26-18)20-11-10-17-21-16(23-25-17)12-13-6-2-1-3-7-13/h1-3,6-7H,4-5,8-12H2,(H,20,24). The van der Waals surface area contributed by atoms with Crippen LogP contribution in [0.2, 0.25) is 0 Å². The third-order valence-corrected chi connectivity index (χ3v) is 4.51. The number of nitrogens with zero attached hydrogens (tertiary/aromatic N) is 3. The number of rotatable bonds is 6. The minimum absolute atomic E-state index is 0.232. The highest BCUT2D eigenvalue weighted by Gasteiger charge is 2.24. The van der Waals surface area contributed by atoms with E-state index in [0.717, 1.165) is 42.5 Å². The van der Waals surface area contributed by atoms with Gasteiger partial charge in [-0.05, 0) is 31.2 Å². The van der Waals surface area contributed by atoms with Crippen molar-refractivity contribution in [2.75, 3.05) is 6.54 Å². The molecule has 0 fully saturated rings. The first-order valence-corrected chi connectivity index (χ1v) is 8.90. The summed E-state index contributed by atoms with van der Waals surface area (Å²) in [7, 11) is 0. The molecule has 1 amide bonds. The van der Waals surface area contributed by atoms with Gasteiger partial charge in [0.15, 0.2) is 5.82 Å². The number of nitrogens with one attached hydrogen (secondary N) is 1. The van der Waals surface area contributed by atoms with Crippen LogP contribution in [0.5, 0.6) is 0 Å². The van der Waals surface area contributed by atoms with Gasteiger partial charge in [0.1, 0.15) is 0 Å². The van der Waals surface area contributed by atoms with E-state index in [-0.39, 0.29) is 5.91 Å². The van der Waals surface area contributed by atoms with E-state index < -0.39 is 0 Å². The summed E-state index contributed by atoms with van der Waals surface area (Å²) in [6, 6.07) is 9.98. The van der Waals surface area contributed by atoms with Crippen molar-refractivity contribution in [3.63, 3.8) is 0 Å². The molecule has 1 aliphatic carbocycles. The van der Waals surface area contributed by atoms with Gasteiger partial charge in [0.25, 0.3) is 5.91 Å². The summed E-state index contributed by atoms with van der Waals surface area (Å²) >= 11 is 0. The summed E-state index contributed by atoms with van der Waals surface area (Å²) in [5.74, 6) is 1.26. The van der Waals surface area contributed by atoms with Crippen LogP contribution in [0.15, 0.2) is 39.4 Å². The second kappa shape index (κ2) is 7.51. The van der Waals surface area contributed by atoms with Crippen LogP contribution in [0.3, 0.4) is 0 Å². The molecule has 1 aromatic carbocycles. The van der Waals surface area contributed by atoms with Crippen molar-refractivity contribution in [1.82, 2.24) is 20.6 Å². The molecule has 0 atom stereocenters. The van der Waals surface area contributed by atoms with E-state index in [4.69, 9.17) is 9.05 Å². The lowest BCUT2D eigenvalue weighted by Gasteiger charge is -2.08. The smallest absolute Gasteiger partial charge is 0.290 e. The molecule has 2 aromatic heterocycles. The van der Waals surface area contributed by atoms with E-state index in [1.807, 2.05) is 30.3 Å². The highest BCUT2D eigenvalue weighted by molar-refractivity contribution is 5.93. The van der Waals surface area contributed by atoms with Crippen molar-refractivity contribution in [2.24, 2.45) is 0 Å². The number of amides is 1. The number of aromatic nitrogens is 3. The first-order chi connectivity index (χ1) is 12.8. The lowest BCUT2D eigenvalue weighted by molar-refractivity contribution is 0.0915. The quantitative estimate of drug-likeness (QED) is 0.732. The van der Waals surface area contributed by atoms with Gasteiger partial charge in [-0.2, -0.15) is 4.98 Å². The normalized spacial score (nSPS) is 13.4. The Balaban J connectivity index is 1.30. The first kappa shape index (κ1) is 16.5. The molecule has 0 saturated carbocycles. The van der Waals surface area contributed by atoms with Crippen molar-refractivity contribution in [1.29, 1.82) is 0 Å². The largest absolute Gasteiger partial charge is 0.350 e. The minimum atomic E-state index is -0.232. The van der Waals surface area contributed by atoms with Gasteiger partial charge < -0.3 is 14.4 Å². The van der Waals surface area contributed by atoms with E-state index in [1.54, 1.807) is 0 Å². The Morgan fingerprint density at radius 2 is 1.92 bits per heavy atom. The van der Waals surface area contributed by atoms with Gasteiger partial charge in [-0.25, -0.2) is 0 Å². The number of carbonyl (C=O) groups excluding carboxylic acids is 1. The SMILES string of the molecule is O=C(NCCc1nc(Cc2ccccc2)no1)c1onc2c1CCCC2. The molecule has 134 valence electrons. The summed E-state index contributed by atoms with van der Waals surface area (Å²) in [4.78, 5) is 16.7. The fourth-order valence-corrected chi connectivity index (χ4v) is 3.17. The lowest BCUT2D eigenvalue weighted by atomic mass is 9.96. The predicted octanol–water partition coefficient (Wildman–Crippen LogP) is 2.50. The number of carbonyl (C=O) groups is 1. The molecule has 2 heterocycles. The summed E-state index contributed by atoms with van der Waals surface area (Å²) in [6.07, 6.45) is 5.01. The van der Waals surface area contributed by atoms with Crippen LogP contribution in [0.25, 0.3) is 0 Å². The van der Waals surface area contributed by atoms with Crippen LogP contribution >= 0.6 is 0 Å². The van der Waals surface area contributed by atoms with E-state index >= 15 is 0 Å². The number of fused-ring (bicyclic) bond motifs is 1. The van der Waals surface area contributed by atoms with Gasteiger partial charge in [0.05, 0.1) is 5.69 Å². The van der Waals surface area contributed by atoms with Crippen LogP contribution in [-0.4, -0.2) is 27.7 Å². The summed E-state index contributed by atoms with van der Waals surface area (Å²) < 4.78 is 10.5. The van der Waals surface area contributed by atoms with Gasteiger partial charge in [0.2, 0.25) is 11.7 Å². The summed E-state index contributed by atoms with van der Waals surface area (Å²) in [5, 5.41) is 10.8. The van der Waals surface area contributed by atoms with Crippen molar-refractivity contribution < 1.29 is 13.8 Å². The third kappa shape index (κ3) is 3.66. The maximum atomic E-state index is 12.3. The third-order valence-electron chi connectivity index (χ3n) is 4.51. The average molecular weight is 352 g/mol. The molecule has 4 rings (SSSR count). The lowest BCUT2D eigenvalue weighted by Crippen LogP contribution is -2.26. The van der Waals surface area contributed by atoms with Gasteiger partial charge in [-0.1, -0.05) is 40.6 Å². The fourth-order valence-electron chi connectivity index (χ4n) is 3.17. The highest BCUT2D eigenvalue weighted by Crippen LogP contribution is 2.23. The second-order valence-electron chi connectivity index (χ2n) is 6.42. The van der Waals surface area contributed by atoms with Crippen molar-refractivity contribution in [3.05, 3.63) is 64.6 Å². The number of aryl methyl sites for hydroxylation is 1. The van der Waals surface area contributed by atoms with E-state index in [0.29, 0.717) is 36.9 Å². The highest BCUT2D eigenvalue weighted by atomic mass is 16.5. The molecule has 26 heavy (non-hydrogen) atoms. The second-order valence-corrected chi connectivity index (χ2v) is 6.42. The molecule has 7 nitrogen and oxygen atoms in total. The Hall–Kier alpha value is -2.96.